The van der Waals surface area contributed by atoms with Gasteiger partial charge in [-0.25, -0.2) is 0 Å². The molecule has 1 amide bonds. The van der Waals surface area contributed by atoms with Gasteiger partial charge in [0.25, 0.3) is 5.91 Å². The molecule has 0 aromatic heterocycles. The monoisotopic (exact) mass is 291 g/mol. The summed E-state index contributed by atoms with van der Waals surface area (Å²) in [6.07, 6.45) is 0.406. The normalized spacial score (nSPS) is 12.8. The van der Waals surface area contributed by atoms with Gasteiger partial charge in [0.2, 0.25) is 0 Å². The summed E-state index contributed by atoms with van der Waals surface area (Å²) in [4.78, 5) is 12.3. The van der Waals surface area contributed by atoms with E-state index in [4.69, 9.17) is 4.74 Å². The van der Waals surface area contributed by atoms with Crippen molar-refractivity contribution in [3.05, 3.63) is 29.8 Å². The Morgan fingerprint density at radius 1 is 1.10 bits per heavy atom. The topological polar surface area (TPSA) is 38.3 Å². The maximum atomic E-state index is 12.3. The number of hydrogen-bond acceptors (Lipinski definition) is 2. The number of amides is 1. The fourth-order valence-corrected chi connectivity index (χ4v) is 2.54. The van der Waals surface area contributed by atoms with E-state index >= 15 is 0 Å². The van der Waals surface area contributed by atoms with E-state index in [1.165, 1.54) is 0 Å². The molecule has 1 N–H and O–H groups in total. The van der Waals surface area contributed by atoms with Crippen molar-refractivity contribution in [2.45, 2.75) is 60.1 Å². The largest absolute Gasteiger partial charge is 0.481 e. The van der Waals surface area contributed by atoms with Gasteiger partial charge in [-0.15, -0.1) is 0 Å². The summed E-state index contributed by atoms with van der Waals surface area (Å²) in [7, 11) is 0. The predicted molar refractivity (Wildman–Crippen MR) is 87.5 cm³/mol. The Morgan fingerprint density at radius 3 is 2.19 bits per heavy atom. The van der Waals surface area contributed by atoms with Crippen LogP contribution in [-0.2, 0) is 11.2 Å². The van der Waals surface area contributed by atoms with E-state index in [2.05, 4.69) is 39.9 Å². The molecule has 0 aliphatic heterocycles. The lowest BCUT2D eigenvalue weighted by molar-refractivity contribution is -0.128. The number of ether oxygens (including phenoxy) is 1. The van der Waals surface area contributed by atoms with E-state index in [1.54, 1.807) is 6.92 Å². The Kier molecular flexibility index (Phi) is 6.73. The zero-order valence-corrected chi connectivity index (χ0v) is 14.1. The van der Waals surface area contributed by atoms with E-state index in [9.17, 15) is 4.79 Å². The molecule has 1 atom stereocenters. The van der Waals surface area contributed by atoms with Crippen molar-refractivity contribution in [2.75, 3.05) is 0 Å². The molecule has 0 bridgehead atoms. The van der Waals surface area contributed by atoms with Gasteiger partial charge >= 0.3 is 0 Å². The SMILES string of the molecule is CCc1ccccc1OC(C)C(=O)NC(C(C)C)C(C)C. The van der Waals surface area contributed by atoms with Crippen LogP contribution >= 0.6 is 0 Å². The van der Waals surface area contributed by atoms with Crippen molar-refractivity contribution in [1.29, 1.82) is 0 Å². The second-order valence-corrected chi connectivity index (χ2v) is 6.24. The minimum atomic E-state index is -0.488. The minimum absolute atomic E-state index is 0.0479. The second-order valence-electron chi connectivity index (χ2n) is 6.24. The van der Waals surface area contributed by atoms with Crippen LogP contribution in [0.2, 0.25) is 0 Å². The molecule has 118 valence electrons. The predicted octanol–water partition coefficient (Wildman–Crippen LogP) is 3.81. The summed E-state index contributed by atoms with van der Waals surface area (Å²) < 4.78 is 5.85. The summed E-state index contributed by atoms with van der Waals surface area (Å²) in [5.41, 5.74) is 1.13. The summed E-state index contributed by atoms with van der Waals surface area (Å²) in [6.45, 7) is 12.4. The van der Waals surface area contributed by atoms with Crippen LogP contribution in [0.1, 0.15) is 47.1 Å². The fraction of sp³-hybridized carbons (Fsp3) is 0.611. The summed E-state index contributed by atoms with van der Waals surface area (Å²) in [5, 5.41) is 3.11. The molecule has 0 fully saturated rings. The highest BCUT2D eigenvalue weighted by Gasteiger charge is 2.23. The second kappa shape index (κ2) is 8.06. The number of para-hydroxylation sites is 1. The average molecular weight is 291 g/mol. The summed E-state index contributed by atoms with van der Waals surface area (Å²) >= 11 is 0. The van der Waals surface area contributed by atoms with Crippen LogP contribution in [0.5, 0.6) is 5.75 Å². The van der Waals surface area contributed by atoms with Gasteiger partial charge in [-0.1, -0.05) is 52.8 Å². The molecule has 1 aromatic rings. The Labute approximate surface area is 129 Å². The summed E-state index contributed by atoms with van der Waals surface area (Å²) in [6, 6.07) is 8.05. The average Bonchev–Trinajstić information content (AvgIpc) is 2.44. The first-order valence-corrected chi connectivity index (χ1v) is 7.91. The van der Waals surface area contributed by atoms with Gasteiger partial charge in [-0.05, 0) is 36.8 Å². The lowest BCUT2D eigenvalue weighted by Gasteiger charge is -2.27. The Bertz CT molecular complexity index is 446. The third kappa shape index (κ3) is 5.07. The maximum absolute atomic E-state index is 12.3. The molecule has 21 heavy (non-hydrogen) atoms. The highest BCUT2D eigenvalue weighted by molar-refractivity contribution is 5.81. The van der Waals surface area contributed by atoms with Crippen LogP contribution in [0, 0.1) is 11.8 Å². The third-order valence-corrected chi connectivity index (χ3v) is 3.77. The van der Waals surface area contributed by atoms with Crippen LogP contribution in [0.15, 0.2) is 24.3 Å². The molecular weight excluding hydrogens is 262 g/mol. The van der Waals surface area contributed by atoms with Crippen molar-refractivity contribution >= 4 is 5.91 Å². The zero-order valence-electron chi connectivity index (χ0n) is 14.1. The molecule has 0 saturated heterocycles. The number of carbonyl (C=O) groups excluding carboxylic acids is 1. The standard InChI is InChI=1S/C18H29NO2/c1-7-15-10-8-9-11-16(15)21-14(6)18(20)19-17(12(2)3)13(4)5/h8-14,17H,7H2,1-6H3,(H,19,20). The van der Waals surface area contributed by atoms with Crippen LogP contribution in [-0.4, -0.2) is 18.1 Å². The lowest BCUT2D eigenvalue weighted by atomic mass is 9.93. The quantitative estimate of drug-likeness (QED) is 0.829. The molecule has 0 spiro atoms. The van der Waals surface area contributed by atoms with Gasteiger partial charge < -0.3 is 10.1 Å². The van der Waals surface area contributed by atoms with Crippen LogP contribution < -0.4 is 10.1 Å². The highest BCUT2D eigenvalue weighted by Crippen LogP contribution is 2.20. The molecule has 0 aliphatic carbocycles. The summed E-state index contributed by atoms with van der Waals surface area (Å²) in [5.74, 6) is 1.56. The number of carbonyl (C=O) groups is 1. The Morgan fingerprint density at radius 2 is 1.67 bits per heavy atom. The molecule has 0 heterocycles. The first kappa shape index (κ1) is 17.5. The van der Waals surface area contributed by atoms with Crippen LogP contribution in [0.25, 0.3) is 0 Å². The van der Waals surface area contributed by atoms with E-state index in [1.807, 2.05) is 24.3 Å². The first-order chi connectivity index (χ1) is 9.86. The van der Waals surface area contributed by atoms with Crippen molar-refractivity contribution < 1.29 is 9.53 Å². The van der Waals surface area contributed by atoms with Crippen molar-refractivity contribution in [3.8, 4) is 5.75 Å². The van der Waals surface area contributed by atoms with Crippen molar-refractivity contribution in [2.24, 2.45) is 11.8 Å². The molecule has 1 unspecified atom stereocenters. The lowest BCUT2D eigenvalue weighted by Crippen LogP contribution is -2.47. The number of aryl methyl sites for hydroxylation is 1. The number of rotatable bonds is 7. The molecule has 1 rings (SSSR count). The maximum Gasteiger partial charge on any atom is 0.261 e. The Balaban J connectivity index is 2.70. The van der Waals surface area contributed by atoms with E-state index in [-0.39, 0.29) is 11.9 Å². The molecule has 0 radical (unpaired) electrons. The van der Waals surface area contributed by atoms with Gasteiger partial charge in [0.15, 0.2) is 6.10 Å². The Hall–Kier alpha value is -1.51. The van der Waals surface area contributed by atoms with Gasteiger partial charge in [0.05, 0.1) is 0 Å². The minimum Gasteiger partial charge on any atom is -0.481 e. The van der Waals surface area contributed by atoms with Crippen molar-refractivity contribution in [1.82, 2.24) is 5.32 Å². The molecule has 0 saturated carbocycles. The van der Waals surface area contributed by atoms with Crippen molar-refractivity contribution in [3.63, 3.8) is 0 Å². The number of nitrogens with one attached hydrogen (secondary N) is 1. The molecule has 3 nitrogen and oxygen atoms in total. The fourth-order valence-electron chi connectivity index (χ4n) is 2.54. The number of benzene rings is 1. The van der Waals surface area contributed by atoms with Gasteiger partial charge in [0, 0.05) is 6.04 Å². The van der Waals surface area contributed by atoms with Gasteiger partial charge in [-0.3, -0.25) is 4.79 Å². The van der Waals surface area contributed by atoms with E-state index in [0.29, 0.717) is 11.8 Å². The molecule has 1 aromatic carbocycles. The first-order valence-electron chi connectivity index (χ1n) is 7.91. The smallest absolute Gasteiger partial charge is 0.261 e. The van der Waals surface area contributed by atoms with Crippen LogP contribution in [0.3, 0.4) is 0 Å². The number of hydrogen-bond donors (Lipinski definition) is 1. The molecular formula is C18H29NO2. The zero-order chi connectivity index (χ0) is 16.0. The van der Waals surface area contributed by atoms with Crippen LogP contribution in [0.4, 0.5) is 0 Å². The molecule has 0 aliphatic rings. The highest BCUT2D eigenvalue weighted by atomic mass is 16.5. The van der Waals surface area contributed by atoms with E-state index < -0.39 is 6.10 Å². The molecule has 3 heteroatoms. The van der Waals surface area contributed by atoms with E-state index in [0.717, 1.165) is 17.7 Å². The third-order valence-electron chi connectivity index (χ3n) is 3.77. The van der Waals surface area contributed by atoms with Gasteiger partial charge in [0.1, 0.15) is 5.75 Å². The van der Waals surface area contributed by atoms with Gasteiger partial charge in [-0.2, -0.15) is 0 Å².